The average molecular weight is 385 g/mol. The van der Waals surface area contributed by atoms with Crippen molar-refractivity contribution in [2.75, 3.05) is 13.6 Å². The number of nitriles is 1. The molecule has 0 aliphatic heterocycles. The Balaban J connectivity index is 2.69. The Hall–Kier alpha value is -3.14. The predicted molar refractivity (Wildman–Crippen MR) is 106 cm³/mol. The first kappa shape index (κ1) is 22.9. The fourth-order valence-electron chi connectivity index (χ4n) is 2.35. The van der Waals surface area contributed by atoms with Gasteiger partial charge >= 0.3 is 6.09 Å². The smallest absolute Gasteiger partial charge is 0.408 e. The van der Waals surface area contributed by atoms with Gasteiger partial charge in [-0.25, -0.2) is 4.79 Å². The lowest BCUT2D eigenvalue weighted by Crippen LogP contribution is -2.39. The number of hydrogen-bond acceptors (Lipinski definition) is 5. The molecule has 0 heterocycles. The molecule has 0 unspecified atom stereocenters. The van der Waals surface area contributed by atoms with E-state index in [1.54, 1.807) is 59.0 Å². The van der Waals surface area contributed by atoms with Crippen molar-refractivity contribution in [3.8, 4) is 6.07 Å². The number of carbonyl (C=O) groups excluding carboxylic acids is 3. The molecule has 0 spiro atoms. The van der Waals surface area contributed by atoms with Gasteiger partial charge in [-0.2, -0.15) is 5.26 Å². The molecule has 0 bridgehead atoms. The molecule has 7 heteroatoms. The Morgan fingerprint density at radius 1 is 1.25 bits per heavy atom. The molecule has 7 nitrogen and oxygen atoms in total. The van der Waals surface area contributed by atoms with E-state index in [9.17, 15) is 19.6 Å². The monoisotopic (exact) mass is 385 g/mol. The van der Waals surface area contributed by atoms with Crippen LogP contribution in [0.25, 0.3) is 0 Å². The number of ether oxygens (including phenoxy) is 1. The highest BCUT2D eigenvalue weighted by Crippen LogP contribution is 2.10. The molecule has 28 heavy (non-hydrogen) atoms. The third-order valence-electron chi connectivity index (χ3n) is 3.66. The largest absolute Gasteiger partial charge is 0.444 e. The zero-order chi connectivity index (χ0) is 21.5. The highest BCUT2D eigenvalue weighted by molar-refractivity contribution is 6.01. The molecule has 1 aromatic rings. The van der Waals surface area contributed by atoms with Crippen LogP contribution in [0.1, 0.15) is 43.6 Å². The minimum absolute atomic E-state index is 0.0495. The summed E-state index contributed by atoms with van der Waals surface area (Å²) in [5, 5.41) is 11.8. The summed E-state index contributed by atoms with van der Waals surface area (Å²) in [4.78, 5) is 37.2. The highest BCUT2D eigenvalue weighted by atomic mass is 16.6. The molecule has 1 N–H and O–H groups in total. The van der Waals surface area contributed by atoms with E-state index in [1.165, 1.54) is 4.90 Å². The van der Waals surface area contributed by atoms with Crippen LogP contribution >= 0.6 is 0 Å². The molecule has 150 valence electrons. The summed E-state index contributed by atoms with van der Waals surface area (Å²) in [6, 6.07) is 7.98. The predicted octanol–water partition coefficient (Wildman–Crippen LogP) is 2.86. The molecule has 1 rings (SSSR count). The first-order chi connectivity index (χ1) is 12.9. The van der Waals surface area contributed by atoms with Gasteiger partial charge in [0.05, 0.1) is 12.6 Å². The van der Waals surface area contributed by atoms with Crippen molar-refractivity contribution in [2.24, 2.45) is 0 Å². The quantitative estimate of drug-likeness (QED) is 0.575. The van der Waals surface area contributed by atoms with E-state index in [1.807, 2.05) is 6.07 Å². The van der Waals surface area contributed by atoms with Crippen LogP contribution in [0.4, 0.5) is 4.79 Å². The Bertz CT molecular complexity index is 785. The lowest BCUT2D eigenvalue weighted by Gasteiger charge is -2.21. The van der Waals surface area contributed by atoms with E-state index in [0.717, 1.165) is 5.56 Å². The number of benzene rings is 1. The summed E-state index contributed by atoms with van der Waals surface area (Å²) in [5.41, 5.74) is 0.958. The summed E-state index contributed by atoms with van der Waals surface area (Å²) in [7, 11) is 1.54. The molecule has 0 fully saturated rings. The van der Waals surface area contributed by atoms with Gasteiger partial charge in [0.2, 0.25) is 5.91 Å². The molecule has 0 aliphatic carbocycles. The summed E-state index contributed by atoms with van der Waals surface area (Å²) < 4.78 is 5.15. The molecular formula is C21H27N3O4. The lowest BCUT2D eigenvalue weighted by atomic mass is 10.0. The van der Waals surface area contributed by atoms with Crippen LogP contribution in [-0.4, -0.2) is 47.9 Å². The van der Waals surface area contributed by atoms with Gasteiger partial charge in [0.1, 0.15) is 11.6 Å². The number of alkyl carbamates (subject to hydrolysis) is 1. The minimum atomic E-state index is -0.754. The zero-order valence-electron chi connectivity index (χ0n) is 17.0. The number of nitrogens with zero attached hydrogens (tertiary/aromatic N) is 2. The molecule has 1 atom stereocenters. The fraction of sp³-hybridized carbons (Fsp3) is 0.429. The van der Waals surface area contributed by atoms with Gasteiger partial charge in [0.25, 0.3) is 0 Å². The van der Waals surface area contributed by atoms with Crippen LogP contribution in [0, 0.1) is 11.3 Å². The van der Waals surface area contributed by atoms with Crippen LogP contribution < -0.4 is 5.32 Å². The SMILES string of the molecule is C=C(C)C(=O)N(C)CC(=O)c1ccc(C[C@@H](C#N)NC(=O)OC(C)(C)C)cc1. The molecule has 0 saturated carbocycles. The number of amides is 2. The first-order valence-electron chi connectivity index (χ1n) is 8.85. The van der Waals surface area contributed by atoms with Crippen LogP contribution in [0.2, 0.25) is 0 Å². The molecule has 2 amide bonds. The number of Topliss-reactive ketones (excluding diaryl/α,β-unsaturated/α-hetero) is 1. The van der Waals surface area contributed by atoms with E-state index in [2.05, 4.69) is 11.9 Å². The second-order valence-corrected chi connectivity index (χ2v) is 7.59. The molecule has 0 aliphatic rings. The van der Waals surface area contributed by atoms with Crippen LogP contribution in [0.5, 0.6) is 0 Å². The molecule has 1 aromatic carbocycles. The maximum atomic E-state index is 12.3. The third-order valence-corrected chi connectivity index (χ3v) is 3.66. The first-order valence-corrected chi connectivity index (χ1v) is 8.85. The number of likely N-dealkylation sites (N-methyl/N-ethyl adjacent to an activating group) is 1. The maximum absolute atomic E-state index is 12.3. The van der Waals surface area contributed by atoms with Gasteiger partial charge in [0.15, 0.2) is 5.78 Å². The normalized spacial score (nSPS) is 11.7. The number of carbonyl (C=O) groups is 3. The van der Waals surface area contributed by atoms with E-state index < -0.39 is 17.7 Å². The van der Waals surface area contributed by atoms with Gasteiger partial charge in [0, 0.05) is 24.6 Å². The third kappa shape index (κ3) is 7.62. The molecule has 0 saturated heterocycles. The van der Waals surface area contributed by atoms with Gasteiger partial charge < -0.3 is 15.0 Å². The number of rotatable bonds is 7. The van der Waals surface area contributed by atoms with Crippen molar-refractivity contribution in [2.45, 2.75) is 45.8 Å². The van der Waals surface area contributed by atoms with E-state index in [0.29, 0.717) is 11.1 Å². The second kappa shape index (κ2) is 9.70. The zero-order valence-corrected chi connectivity index (χ0v) is 17.0. The summed E-state index contributed by atoms with van der Waals surface area (Å²) in [6.45, 7) is 10.3. The van der Waals surface area contributed by atoms with Crippen LogP contribution in [0.3, 0.4) is 0 Å². The Morgan fingerprint density at radius 2 is 1.82 bits per heavy atom. The van der Waals surface area contributed by atoms with Crippen molar-refractivity contribution in [1.29, 1.82) is 5.26 Å². The van der Waals surface area contributed by atoms with Gasteiger partial charge in [-0.15, -0.1) is 0 Å². The lowest BCUT2D eigenvalue weighted by molar-refractivity contribution is -0.125. The van der Waals surface area contributed by atoms with Gasteiger partial charge in [-0.05, 0) is 33.3 Å². The summed E-state index contributed by atoms with van der Waals surface area (Å²) in [5.74, 6) is -0.484. The van der Waals surface area contributed by atoms with E-state index >= 15 is 0 Å². The average Bonchev–Trinajstić information content (AvgIpc) is 2.59. The minimum Gasteiger partial charge on any atom is -0.444 e. The van der Waals surface area contributed by atoms with Crippen LogP contribution in [-0.2, 0) is 16.0 Å². The summed E-state index contributed by atoms with van der Waals surface area (Å²) >= 11 is 0. The van der Waals surface area contributed by atoms with Crippen molar-refractivity contribution in [3.63, 3.8) is 0 Å². The fourth-order valence-corrected chi connectivity index (χ4v) is 2.35. The van der Waals surface area contributed by atoms with Crippen molar-refractivity contribution < 1.29 is 19.1 Å². The van der Waals surface area contributed by atoms with Gasteiger partial charge in [-0.1, -0.05) is 30.8 Å². The van der Waals surface area contributed by atoms with Crippen molar-refractivity contribution in [1.82, 2.24) is 10.2 Å². The Kier molecular flexibility index (Phi) is 7.93. The van der Waals surface area contributed by atoms with Crippen LogP contribution in [0.15, 0.2) is 36.4 Å². The molecule has 0 radical (unpaired) electrons. The molecule has 0 aromatic heterocycles. The maximum Gasteiger partial charge on any atom is 0.408 e. The van der Waals surface area contributed by atoms with Crippen molar-refractivity contribution in [3.05, 3.63) is 47.5 Å². The number of ketones is 1. The second-order valence-electron chi connectivity index (χ2n) is 7.59. The topological polar surface area (TPSA) is 99.5 Å². The van der Waals surface area contributed by atoms with E-state index in [-0.39, 0.29) is 24.7 Å². The Morgan fingerprint density at radius 3 is 2.29 bits per heavy atom. The van der Waals surface area contributed by atoms with E-state index in [4.69, 9.17) is 4.74 Å². The number of nitrogens with one attached hydrogen (secondary N) is 1. The Labute approximate surface area is 166 Å². The standard InChI is InChI=1S/C21H27N3O4/c1-14(2)19(26)24(6)13-18(25)16-9-7-15(8-10-16)11-17(12-22)23-20(27)28-21(3,4)5/h7-10,17H,1,11,13H2,2-6H3,(H,23,27)/t17-/m0/s1. The van der Waals surface area contributed by atoms with Crippen molar-refractivity contribution >= 4 is 17.8 Å². The highest BCUT2D eigenvalue weighted by Gasteiger charge is 2.20. The van der Waals surface area contributed by atoms with Gasteiger partial charge in [-0.3, -0.25) is 9.59 Å². The summed E-state index contributed by atoms with van der Waals surface area (Å²) in [6.07, 6.45) is -0.380. The molecular weight excluding hydrogens is 358 g/mol. The number of hydrogen-bond donors (Lipinski definition) is 1.